The fourth-order valence-corrected chi connectivity index (χ4v) is 0.807. The maximum atomic E-state index is 11.1. The lowest BCUT2D eigenvalue weighted by atomic mass is 10.3. The molecule has 4 nitrogen and oxygen atoms in total. The van der Waals surface area contributed by atoms with Crippen molar-refractivity contribution in [2.45, 2.75) is 12.8 Å². The van der Waals surface area contributed by atoms with Crippen molar-refractivity contribution in [1.29, 1.82) is 0 Å². The molecule has 4 heteroatoms. The van der Waals surface area contributed by atoms with Gasteiger partial charge in [0, 0.05) is 12.6 Å². The minimum atomic E-state index is -0.0691. The lowest BCUT2D eigenvalue weighted by molar-refractivity contribution is -0.116. The van der Waals surface area contributed by atoms with Crippen molar-refractivity contribution < 1.29 is 4.79 Å². The van der Waals surface area contributed by atoms with Gasteiger partial charge < -0.3 is 5.32 Å². The van der Waals surface area contributed by atoms with Crippen molar-refractivity contribution in [2.24, 2.45) is 0 Å². The van der Waals surface area contributed by atoms with Crippen molar-refractivity contribution in [3.8, 4) is 0 Å². The van der Waals surface area contributed by atoms with Crippen LogP contribution >= 0.6 is 0 Å². The predicted octanol–water partition coefficient (Wildman–Crippen LogP) is 1.38. The van der Waals surface area contributed by atoms with E-state index in [2.05, 4.69) is 22.1 Å². The Balaban J connectivity index is 2.41. The molecule has 1 N–H and O–H groups in total. The highest BCUT2D eigenvalue weighted by Gasteiger charge is 2.00. The van der Waals surface area contributed by atoms with E-state index in [-0.39, 0.29) is 5.91 Å². The number of anilines is 1. The monoisotopic (exact) mass is 177 g/mol. The van der Waals surface area contributed by atoms with Crippen LogP contribution in [0.15, 0.2) is 31.0 Å². The van der Waals surface area contributed by atoms with Gasteiger partial charge in [-0.3, -0.25) is 4.79 Å². The van der Waals surface area contributed by atoms with Gasteiger partial charge in [0.25, 0.3) is 0 Å². The van der Waals surface area contributed by atoms with E-state index in [1.54, 1.807) is 24.4 Å². The zero-order chi connectivity index (χ0) is 9.52. The molecule has 0 aliphatic heterocycles. The SMILES string of the molecule is C=CCCC(=O)Nc1cccnn1. The second-order valence-electron chi connectivity index (χ2n) is 2.48. The molecule has 13 heavy (non-hydrogen) atoms. The molecule has 68 valence electrons. The number of nitrogens with one attached hydrogen (secondary N) is 1. The van der Waals surface area contributed by atoms with Crippen molar-refractivity contribution in [3.05, 3.63) is 31.0 Å². The molecule has 0 saturated carbocycles. The van der Waals surface area contributed by atoms with Gasteiger partial charge in [-0.05, 0) is 18.6 Å². The average molecular weight is 177 g/mol. The molecule has 1 aromatic heterocycles. The molecule has 0 fully saturated rings. The minimum Gasteiger partial charge on any atom is -0.309 e. The molecule has 0 aliphatic rings. The van der Waals surface area contributed by atoms with E-state index in [1.165, 1.54) is 0 Å². The Bertz CT molecular complexity index is 284. The van der Waals surface area contributed by atoms with Gasteiger partial charge in [-0.25, -0.2) is 0 Å². The van der Waals surface area contributed by atoms with Gasteiger partial charge in [0.15, 0.2) is 5.82 Å². The predicted molar refractivity (Wildman–Crippen MR) is 50.1 cm³/mol. The fraction of sp³-hybridized carbons (Fsp3) is 0.222. The second-order valence-corrected chi connectivity index (χ2v) is 2.48. The number of amides is 1. The molecule has 1 amide bonds. The Hall–Kier alpha value is -1.71. The molecule has 1 aromatic rings. The highest BCUT2D eigenvalue weighted by Crippen LogP contribution is 2.00. The first-order valence-corrected chi connectivity index (χ1v) is 4.01. The van der Waals surface area contributed by atoms with E-state index in [9.17, 15) is 4.79 Å². The third-order valence-electron chi connectivity index (χ3n) is 1.42. The number of hydrogen-bond acceptors (Lipinski definition) is 3. The van der Waals surface area contributed by atoms with Crippen LogP contribution < -0.4 is 5.32 Å². The van der Waals surface area contributed by atoms with Gasteiger partial charge in [0.2, 0.25) is 5.91 Å². The zero-order valence-corrected chi connectivity index (χ0v) is 7.23. The van der Waals surface area contributed by atoms with Crippen LogP contribution in [0.4, 0.5) is 5.82 Å². The number of carbonyl (C=O) groups is 1. The standard InChI is InChI=1S/C9H11N3O/c1-2-3-6-9(13)11-8-5-4-7-10-12-8/h2,4-5,7H,1,3,6H2,(H,11,12,13). The van der Waals surface area contributed by atoms with Crippen LogP contribution in [0.5, 0.6) is 0 Å². The zero-order valence-electron chi connectivity index (χ0n) is 7.23. The van der Waals surface area contributed by atoms with Crippen LogP contribution in [0.3, 0.4) is 0 Å². The van der Waals surface area contributed by atoms with Gasteiger partial charge in [-0.15, -0.1) is 11.7 Å². The van der Waals surface area contributed by atoms with Crippen LogP contribution in [0.1, 0.15) is 12.8 Å². The molecule has 0 atom stereocenters. The van der Waals surface area contributed by atoms with Gasteiger partial charge in [0.1, 0.15) is 0 Å². The first-order valence-electron chi connectivity index (χ1n) is 4.01. The smallest absolute Gasteiger partial charge is 0.225 e. The Morgan fingerprint density at radius 1 is 1.69 bits per heavy atom. The summed E-state index contributed by atoms with van der Waals surface area (Å²) in [7, 11) is 0. The molecular formula is C9H11N3O. The van der Waals surface area contributed by atoms with Gasteiger partial charge in [-0.1, -0.05) is 6.08 Å². The van der Waals surface area contributed by atoms with E-state index in [4.69, 9.17) is 0 Å². The summed E-state index contributed by atoms with van der Waals surface area (Å²) in [6.07, 6.45) is 4.36. The summed E-state index contributed by atoms with van der Waals surface area (Å²) in [5, 5.41) is 9.97. The summed E-state index contributed by atoms with van der Waals surface area (Å²) in [6, 6.07) is 3.41. The molecule has 0 aromatic carbocycles. The molecule has 1 heterocycles. The number of hydrogen-bond donors (Lipinski definition) is 1. The van der Waals surface area contributed by atoms with Crippen LogP contribution in [0.25, 0.3) is 0 Å². The third-order valence-corrected chi connectivity index (χ3v) is 1.42. The number of carbonyl (C=O) groups excluding carboxylic acids is 1. The van der Waals surface area contributed by atoms with E-state index < -0.39 is 0 Å². The number of nitrogens with zero attached hydrogens (tertiary/aromatic N) is 2. The molecule has 0 saturated heterocycles. The summed E-state index contributed by atoms with van der Waals surface area (Å²) in [5.74, 6) is 0.414. The second kappa shape index (κ2) is 5.03. The van der Waals surface area contributed by atoms with E-state index >= 15 is 0 Å². The summed E-state index contributed by atoms with van der Waals surface area (Å²) in [4.78, 5) is 11.1. The Morgan fingerprint density at radius 3 is 3.15 bits per heavy atom. The highest BCUT2D eigenvalue weighted by atomic mass is 16.1. The van der Waals surface area contributed by atoms with Gasteiger partial charge in [-0.2, -0.15) is 5.10 Å². The normalized spacial score (nSPS) is 9.23. The maximum absolute atomic E-state index is 11.1. The summed E-state index contributed by atoms with van der Waals surface area (Å²) < 4.78 is 0. The lowest BCUT2D eigenvalue weighted by Gasteiger charge is -2.00. The summed E-state index contributed by atoms with van der Waals surface area (Å²) >= 11 is 0. The Labute approximate surface area is 76.7 Å². The molecule has 0 radical (unpaired) electrons. The van der Waals surface area contributed by atoms with Crippen LogP contribution in [-0.2, 0) is 4.79 Å². The van der Waals surface area contributed by atoms with Crippen LogP contribution in [0.2, 0.25) is 0 Å². The minimum absolute atomic E-state index is 0.0691. The average Bonchev–Trinajstić information content (AvgIpc) is 2.16. The van der Waals surface area contributed by atoms with Crippen LogP contribution in [-0.4, -0.2) is 16.1 Å². The third kappa shape index (κ3) is 3.46. The number of allylic oxidation sites excluding steroid dienone is 1. The fourth-order valence-electron chi connectivity index (χ4n) is 0.807. The molecule has 0 bridgehead atoms. The highest BCUT2D eigenvalue weighted by molar-refractivity contribution is 5.89. The molecular weight excluding hydrogens is 166 g/mol. The largest absolute Gasteiger partial charge is 0.309 e. The number of rotatable bonds is 4. The van der Waals surface area contributed by atoms with E-state index in [0.717, 1.165) is 0 Å². The van der Waals surface area contributed by atoms with Crippen molar-refractivity contribution in [3.63, 3.8) is 0 Å². The van der Waals surface area contributed by atoms with Gasteiger partial charge >= 0.3 is 0 Å². The quantitative estimate of drug-likeness (QED) is 0.707. The Morgan fingerprint density at radius 2 is 2.54 bits per heavy atom. The lowest BCUT2D eigenvalue weighted by Crippen LogP contribution is -2.11. The topological polar surface area (TPSA) is 54.9 Å². The summed E-state index contributed by atoms with van der Waals surface area (Å²) in [5.41, 5.74) is 0. The maximum Gasteiger partial charge on any atom is 0.225 e. The Kier molecular flexibility index (Phi) is 3.63. The molecule has 0 unspecified atom stereocenters. The summed E-state index contributed by atoms with van der Waals surface area (Å²) in [6.45, 7) is 3.53. The molecule has 0 spiro atoms. The number of aromatic nitrogens is 2. The van der Waals surface area contributed by atoms with Crippen molar-refractivity contribution in [2.75, 3.05) is 5.32 Å². The van der Waals surface area contributed by atoms with Crippen molar-refractivity contribution >= 4 is 11.7 Å². The first kappa shape index (κ1) is 9.38. The van der Waals surface area contributed by atoms with E-state index in [0.29, 0.717) is 18.7 Å². The molecule has 0 aliphatic carbocycles. The van der Waals surface area contributed by atoms with Crippen LogP contribution in [0, 0.1) is 0 Å². The van der Waals surface area contributed by atoms with Gasteiger partial charge in [0.05, 0.1) is 0 Å². The van der Waals surface area contributed by atoms with E-state index in [1.807, 2.05) is 0 Å². The first-order chi connectivity index (χ1) is 6.33. The molecule has 1 rings (SSSR count). The van der Waals surface area contributed by atoms with Crippen molar-refractivity contribution in [1.82, 2.24) is 10.2 Å².